The van der Waals surface area contributed by atoms with E-state index in [0.717, 1.165) is 38.4 Å². The van der Waals surface area contributed by atoms with E-state index >= 15 is 0 Å². The van der Waals surface area contributed by atoms with Crippen LogP contribution < -0.4 is 0 Å². The minimum Gasteiger partial charge on any atom is -0.390 e. The van der Waals surface area contributed by atoms with E-state index < -0.39 is 5.60 Å². The summed E-state index contributed by atoms with van der Waals surface area (Å²) < 4.78 is 0. The van der Waals surface area contributed by atoms with E-state index in [-0.39, 0.29) is 0 Å². The zero-order valence-corrected chi connectivity index (χ0v) is 10.3. The predicted molar refractivity (Wildman–Crippen MR) is 63.8 cm³/mol. The Labute approximate surface area is 93.4 Å². The Balaban J connectivity index is 3.55. The van der Waals surface area contributed by atoms with Crippen LogP contribution in [0.4, 0.5) is 0 Å². The number of hydrogen-bond donors (Lipinski definition) is 1. The van der Waals surface area contributed by atoms with Crippen molar-refractivity contribution in [3.05, 3.63) is 11.6 Å². The fourth-order valence-electron chi connectivity index (χ4n) is 1.45. The maximum Gasteiger partial charge on any atom is 0.120 e. The molecular weight excluding hydrogens is 188 g/mol. The van der Waals surface area contributed by atoms with E-state index in [2.05, 4.69) is 13.0 Å². The van der Waals surface area contributed by atoms with Gasteiger partial charge >= 0.3 is 0 Å². The summed E-state index contributed by atoms with van der Waals surface area (Å²) in [6, 6.07) is 0. The molecule has 0 saturated carbocycles. The van der Waals surface area contributed by atoms with Gasteiger partial charge in [0.25, 0.3) is 0 Å². The highest BCUT2D eigenvalue weighted by Gasteiger charge is 2.10. The minimum atomic E-state index is -0.544. The van der Waals surface area contributed by atoms with Gasteiger partial charge in [0, 0.05) is 6.42 Å². The van der Waals surface area contributed by atoms with E-state index in [0.29, 0.717) is 6.42 Å². The van der Waals surface area contributed by atoms with Crippen molar-refractivity contribution in [2.75, 3.05) is 0 Å². The lowest BCUT2D eigenvalue weighted by molar-refractivity contribution is -0.107. The van der Waals surface area contributed by atoms with Crippen LogP contribution in [0.1, 0.15) is 59.3 Å². The largest absolute Gasteiger partial charge is 0.390 e. The standard InChI is InChI=1S/C13H24O2/c1-12(8-5-4-6-11-14)9-7-10-13(2,3)15/h8,11,15H,4-7,9-10H2,1-3H3. The van der Waals surface area contributed by atoms with Gasteiger partial charge in [-0.05, 0) is 52.9 Å². The van der Waals surface area contributed by atoms with Gasteiger partial charge in [0.2, 0.25) is 0 Å². The van der Waals surface area contributed by atoms with Gasteiger partial charge in [-0.3, -0.25) is 0 Å². The highest BCUT2D eigenvalue weighted by atomic mass is 16.3. The second-order valence-corrected chi connectivity index (χ2v) is 4.81. The van der Waals surface area contributed by atoms with Gasteiger partial charge in [0.15, 0.2) is 0 Å². The van der Waals surface area contributed by atoms with Gasteiger partial charge < -0.3 is 9.90 Å². The van der Waals surface area contributed by atoms with Crippen molar-refractivity contribution in [1.29, 1.82) is 0 Å². The zero-order chi connectivity index (χ0) is 11.7. The number of unbranched alkanes of at least 4 members (excludes halogenated alkanes) is 2. The van der Waals surface area contributed by atoms with E-state index in [4.69, 9.17) is 0 Å². The van der Waals surface area contributed by atoms with Crippen LogP contribution in [0.25, 0.3) is 0 Å². The van der Waals surface area contributed by atoms with Crippen LogP contribution in [-0.2, 0) is 4.79 Å². The van der Waals surface area contributed by atoms with Crippen LogP contribution in [0, 0.1) is 0 Å². The molecule has 88 valence electrons. The fourth-order valence-corrected chi connectivity index (χ4v) is 1.45. The van der Waals surface area contributed by atoms with Crippen LogP contribution >= 0.6 is 0 Å². The zero-order valence-electron chi connectivity index (χ0n) is 10.3. The number of carbonyl (C=O) groups is 1. The molecular formula is C13H24O2. The molecule has 2 heteroatoms. The van der Waals surface area contributed by atoms with Crippen molar-refractivity contribution >= 4 is 6.29 Å². The number of aliphatic hydroxyl groups is 1. The molecule has 0 unspecified atom stereocenters. The lowest BCUT2D eigenvalue weighted by Gasteiger charge is -2.16. The third-order valence-electron chi connectivity index (χ3n) is 2.38. The Morgan fingerprint density at radius 1 is 1.27 bits per heavy atom. The van der Waals surface area contributed by atoms with Crippen molar-refractivity contribution in [2.24, 2.45) is 0 Å². The minimum absolute atomic E-state index is 0.544. The fraction of sp³-hybridized carbons (Fsp3) is 0.769. The van der Waals surface area contributed by atoms with E-state index in [1.54, 1.807) is 0 Å². The summed E-state index contributed by atoms with van der Waals surface area (Å²) in [4.78, 5) is 10.1. The van der Waals surface area contributed by atoms with E-state index in [1.807, 2.05) is 13.8 Å². The smallest absolute Gasteiger partial charge is 0.120 e. The molecule has 0 aromatic carbocycles. The molecule has 0 aliphatic rings. The Hall–Kier alpha value is -0.630. The molecule has 0 bridgehead atoms. The summed E-state index contributed by atoms with van der Waals surface area (Å²) >= 11 is 0. The molecule has 0 saturated heterocycles. The van der Waals surface area contributed by atoms with Gasteiger partial charge in [-0.15, -0.1) is 0 Å². The first-order valence-corrected chi connectivity index (χ1v) is 5.77. The summed E-state index contributed by atoms with van der Waals surface area (Å²) in [5.41, 5.74) is 0.822. The van der Waals surface area contributed by atoms with Gasteiger partial charge in [-0.1, -0.05) is 11.6 Å². The van der Waals surface area contributed by atoms with Crippen LogP contribution in [0.3, 0.4) is 0 Å². The highest BCUT2D eigenvalue weighted by molar-refractivity contribution is 5.49. The number of carbonyl (C=O) groups excluding carboxylic acids is 1. The highest BCUT2D eigenvalue weighted by Crippen LogP contribution is 2.15. The van der Waals surface area contributed by atoms with Crippen molar-refractivity contribution in [1.82, 2.24) is 0 Å². The number of aldehydes is 1. The first-order valence-electron chi connectivity index (χ1n) is 5.77. The Morgan fingerprint density at radius 3 is 2.47 bits per heavy atom. The molecule has 0 rings (SSSR count). The van der Waals surface area contributed by atoms with Gasteiger partial charge in [-0.25, -0.2) is 0 Å². The molecule has 0 radical (unpaired) electrons. The normalized spacial score (nSPS) is 12.9. The Kier molecular flexibility index (Phi) is 7.31. The molecule has 0 heterocycles. The molecule has 0 aliphatic carbocycles. The van der Waals surface area contributed by atoms with Crippen molar-refractivity contribution in [3.8, 4) is 0 Å². The van der Waals surface area contributed by atoms with Crippen molar-refractivity contribution in [3.63, 3.8) is 0 Å². The molecule has 0 spiro atoms. The molecule has 0 aromatic rings. The first-order chi connectivity index (χ1) is 6.95. The van der Waals surface area contributed by atoms with Gasteiger partial charge in [0.1, 0.15) is 6.29 Å². The molecule has 0 amide bonds. The summed E-state index contributed by atoms with van der Waals surface area (Å²) in [5, 5.41) is 9.52. The van der Waals surface area contributed by atoms with E-state index in [1.165, 1.54) is 5.57 Å². The summed E-state index contributed by atoms with van der Waals surface area (Å²) in [6.45, 7) is 5.80. The summed E-state index contributed by atoms with van der Waals surface area (Å²) in [5.74, 6) is 0. The average molecular weight is 212 g/mol. The van der Waals surface area contributed by atoms with E-state index in [9.17, 15) is 9.90 Å². The van der Waals surface area contributed by atoms with Crippen molar-refractivity contribution in [2.45, 2.75) is 64.9 Å². The third-order valence-corrected chi connectivity index (χ3v) is 2.38. The van der Waals surface area contributed by atoms with Gasteiger partial charge in [-0.2, -0.15) is 0 Å². The molecule has 0 aliphatic heterocycles. The molecule has 0 atom stereocenters. The van der Waals surface area contributed by atoms with Crippen LogP contribution in [0.5, 0.6) is 0 Å². The monoisotopic (exact) mass is 212 g/mol. The van der Waals surface area contributed by atoms with Crippen LogP contribution in [0.2, 0.25) is 0 Å². The molecule has 0 fully saturated rings. The predicted octanol–water partition coefficient (Wildman–Crippen LogP) is 3.24. The SMILES string of the molecule is CC(=CCCCC=O)CCCC(C)(C)O. The maximum absolute atomic E-state index is 10.1. The molecule has 0 aromatic heterocycles. The first kappa shape index (κ1) is 14.4. The Bertz CT molecular complexity index is 199. The number of allylic oxidation sites excluding steroid dienone is 2. The second kappa shape index (κ2) is 7.63. The average Bonchev–Trinajstić information content (AvgIpc) is 2.10. The maximum atomic E-state index is 10.1. The molecule has 15 heavy (non-hydrogen) atoms. The topological polar surface area (TPSA) is 37.3 Å². The van der Waals surface area contributed by atoms with Crippen molar-refractivity contribution < 1.29 is 9.90 Å². The quantitative estimate of drug-likeness (QED) is 0.381. The van der Waals surface area contributed by atoms with Crippen LogP contribution in [0.15, 0.2) is 11.6 Å². The lowest BCUT2D eigenvalue weighted by Crippen LogP contribution is -2.17. The summed E-state index contributed by atoms with van der Waals surface area (Å²) in [7, 11) is 0. The third kappa shape index (κ3) is 11.3. The Morgan fingerprint density at radius 2 is 1.93 bits per heavy atom. The molecule has 2 nitrogen and oxygen atoms in total. The second-order valence-electron chi connectivity index (χ2n) is 4.81. The molecule has 1 N–H and O–H groups in total. The van der Waals surface area contributed by atoms with Gasteiger partial charge in [0.05, 0.1) is 5.60 Å². The lowest BCUT2D eigenvalue weighted by atomic mass is 9.99. The summed E-state index contributed by atoms with van der Waals surface area (Å²) in [6.07, 6.45) is 8.69. The number of rotatable bonds is 8. The number of hydrogen-bond acceptors (Lipinski definition) is 2. The van der Waals surface area contributed by atoms with Crippen LogP contribution in [-0.4, -0.2) is 17.0 Å².